The van der Waals surface area contributed by atoms with Crippen LogP contribution in [0.2, 0.25) is 0 Å². The van der Waals surface area contributed by atoms with Crippen molar-refractivity contribution in [3.05, 3.63) is 74.5 Å². The fourth-order valence-corrected chi connectivity index (χ4v) is 2.55. The van der Waals surface area contributed by atoms with Gasteiger partial charge < -0.3 is 4.52 Å². The van der Waals surface area contributed by atoms with Crippen LogP contribution in [0.3, 0.4) is 0 Å². The molecule has 8 nitrogen and oxygen atoms in total. The molecule has 0 bridgehead atoms. The molecule has 1 heterocycles. The highest BCUT2D eigenvalue weighted by Crippen LogP contribution is 2.41. The van der Waals surface area contributed by atoms with Crippen LogP contribution >= 0.6 is 0 Å². The van der Waals surface area contributed by atoms with E-state index in [9.17, 15) is 20.2 Å². The Morgan fingerprint density at radius 2 is 1.38 bits per heavy atom. The minimum absolute atomic E-state index is 0.122. The first-order valence-corrected chi connectivity index (χ1v) is 6.94. The van der Waals surface area contributed by atoms with Gasteiger partial charge in [0.05, 0.1) is 26.5 Å². The molecule has 3 rings (SSSR count). The van der Waals surface area contributed by atoms with Crippen LogP contribution in [-0.2, 0) is 0 Å². The summed E-state index contributed by atoms with van der Waals surface area (Å²) in [5.74, 6) is 0.345. The standard InChI is InChI=1S/C16H11N3O5/c1-10-15(11-6-2-4-8-13(11)18(20)21)16(17-24-10)12-7-3-5-9-14(12)19(22)23/h2-9H,1H3. The van der Waals surface area contributed by atoms with Crippen LogP contribution in [0, 0.1) is 27.2 Å². The lowest BCUT2D eigenvalue weighted by Gasteiger charge is -2.05. The predicted molar refractivity (Wildman–Crippen MR) is 85.4 cm³/mol. The van der Waals surface area contributed by atoms with Crippen molar-refractivity contribution >= 4 is 11.4 Å². The number of benzene rings is 2. The molecule has 0 amide bonds. The van der Waals surface area contributed by atoms with Crippen molar-refractivity contribution in [1.29, 1.82) is 0 Å². The Hall–Kier alpha value is -3.55. The Balaban J connectivity index is 2.30. The molecule has 0 unspecified atom stereocenters. The van der Waals surface area contributed by atoms with Crippen molar-refractivity contribution < 1.29 is 14.4 Å². The molecule has 0 aliphatic carbocycles. The minimum atomic E-state index is -0.525. The number of aryl methyl sites for hydroxylation is 1. The second kappa shape index (κ2) is 5.92. The molecule has 0 N–H and O–H groups in total. The molecule has 0 saturated carbocycles. The van der Waals surface area contributed by atoms with Gasteiger partial charge in [-0.25, -0.2) is 0 Å². The number of aromatic nitrogens is 1. The van der Waals surface area contributed by atoms with Gasteiger partial charge in [-0.2, -0.15) is 0 Å². The molecular formula is C16H11N3O5. The fourth-order valence-electron chi connectivity index (χ4n) is 2.55. The molecule has 8 heteroatoms. The van der Waals surface area contributed by atoms with E-state index in [1.807, 2.05) is 0 Å². The number of nitro benzene ring substituents is 2. The highest BCUT2D eigenvalue weighted by Gasteiger charge is 2.27. The third kappa shape index (κ3) is 2.50. The number of para-hydroxylation sites is 2. The van der Waals surface area contributed by atoms with Crippen LogP contribution in [-0.4, -0.2) is 15.0 Å². The first kappa shape index (κ1) is 15.3. The van der Waals surface area contributed by atoms with Crippen molar-refractivity contribution in [2.75, 3.05) is 0 Å². The van der Waals surface area contributed by atoms with Crippen LogP contribution in [0.15, 0.2) is 53.1 Å². The molecule has 3 aromatic rings. The van der Waals surface area contributed by atoms with Crippen LogP contribution < -0.4 is 0 Å². The average molecular weight is 325 g/mol. The Morgan fingerprint density at radius 1 is 0.875 bits per heavy atom. The molecule has 1 aromatic heterocycles. The maximum atomic E-state index is 11.3. The van der Waals surface area contributed by atoms with Crippen molar-refractivity contribution in [3.63, 3.8) is 0 Å². The smallest absolute Gasteiger partial charge is 0.278 e. The van der Waals surface area contributed by atoms with Crippen LogP contribution in [0.1, 0.15) is 5.76 Å². The van der Waals surface area contributed by atoms with Crippen molar-refractivity contribution in [3.8, 4) is 22.4 Å². The van der Waals surface area contributed by atoms with E-state index >= 15 is 0 Å². The predicted octanol–water partition coefficient (Wildman–Crippen LogP) is 4.13. The van der Waals surface area contributed by atoms with Gasteiger partial charge in [0.15, 0.2) is 0 Å². The number of nitrogens with zero attached hydrogens (tertiary/aromatic N) is 3. The lowest BCUT2D eigenvalue weighted by molar-refractivity contribution is -0.384. The average Bonchev–Trinajstić information content (AvgIpc) is 2.96. The van der Waals surface area contributed by atoms with E-state index in [1.165, 1.54) is 18.2 Å². The fraction of sp³-hybridized carbons (Fsp3) is 0.0625. The largest absolute Gasteiger partial charge is 0.360 e. The molecule has 0 fully saturated rings. The molecule has 0 radical (unpaired) electrons. The summed E-state index contributed by atoms with van der Waals surface area (Å²) < 4.78 is 5.18. The van der Waals surface area contributed by atoms with E-state index in [0.717, 1.165) is 0 Å². The second-order valence-corrected chi connectivity index (χ2v) is 5.01. The van der Waals surface area contributed by atoms with Gasteiger partial charge in [0, 0.05) is 12.1 Å². The van der Waals surface area contributed by atoms with Crippen molar-refractivity contribution in [1.82, 2.24) is 5.16 Å². The van der Waals surface area contributed by atoms with Gasteiger partial charge in [0.25, 0.3) is 11.4 Å². The number of rotatable bonds is 4. The van der Waals surface area contributed by atoms with Crippen LogP contribution in [0.5, 0.6) is 0 Å². The van der Waals surface area contributed by atoms with Gasteiger partial charge in [-0.3, -0.25) is 20.2 Å². The lowest BCUT2D eigenvalue weighted by Crippen LogP contribution is -1.95. The lowest BCUT2D eigenvalue weighted by atomic mass is 9.97. The quantitative estimate of drug-likeness (QED) is 0.526. The van der Waals surface area contributed by atoms with Gasteiger partial charge in [-0.05, 0) is 19.1 Å². The number of hydrogen-bond donors (Lipinski definition) is 0. The molecule has 0 spiro atoms. The highest BCUT2D eigenvalue weighted by atomic mass is 16.6. The zero-order chi connectivity index (χ0) is 17.3. The molecule has 0 aliphatic heterocycles. The van der Waals surface area contributed by atoms with Gasteiger partial charge >= 0.3 is 0 Å². The Bertz CT molecular complexity index is 948. The first-order valence-electron chi connectivity index (χ1n) is 6.94. The van der Waals surface area contributed by atoms with Crippen LogP contribution in [0.4, 0.5) is 11.4 Å². The summed E-state index contributed by atoms with van der Waals surface area (Å²) in [6.45, 7) is 1.61. The van der Waals surface area contributed by atoms with E-state index in [4.69, 9.17) is 4.52 Å². The Kier molecular flexibility index (Phi) is 3.78. The monoisotopic (exact) mass is 325 g/mol. The van der Waals surface area contributed by atoms with E-state index in [1.54, 1.807) is 37.3 Å². The van der Waals surface area contributed by atoms with E-state index < -0.39 is 9.85 Å². The summed E-state index contributed by atoms with van der Waals surface area (Å²) in [5.41, 5.74) is 0.849. The molecular weight excluding hydrogens is 314 g/mol. The topological polar surface area (TPSA) is 112 Å². The van der Waals surface area contributed by atoms with Crippen LogP contribution in [0.25, 0.3) is 22.4 Å². The maximum absolute atomic E-state index is 11.3. The Labute approximate surface area is 135 Å². The summed E-state index contributed by atoms with van der Waals surface area (Å²) in [7, 11) is 0. The zero-order valence-electron chi connectivity index (χ0n) is 12.5. The van der Waals surface area contributed by atoms with Crippen molar-refractivity contribution in [2.24, 2.45) is 0 Å². The molecule has 24 heavy (non-hydrogen) atoms. The van der Waals surface area contributed by atoms with E-state index in [0.29, 0.717) is 16.9 Å². The van der Waals surface area contributed by atoms with Crippen molar-refractivity contribution in [2.45, 2.75) is 6.92 Å². The normalized spacial score (nSPS) is 10.5. The van der Waals surface area contributed by atoms with Gasteiger partial charge in [0.2, 0.25) is 0 Å². The summed E-state index contributed by atoms with van der Waals surface area (Å²) in [4.78, 5) is 21.5. The maximum Gasteiger partial charge on any atom is 0.278 e. The third-order valence-electron chi connectivity index (χ3n) is 3.59. The number of hydrogen-bond acceptors (Lipinski definition) is 6. The first-order chi connectivity index (χ1) is 11.5. The number of nitro groups is 2. The minimum Gasteiger partial charge on any atom is -0.360 e. The highest BCUT2D eigenvalue weighted by molar-refractivity contribution is 5.89. The van der Waals surface area contributed by atoms with Gasteiger partial charge in [0.1, 0.15) is 11.5 Å². The Morgan fingerprint density at radius 3 is 1.96 bits per heavy atom. The van der Waals surface area contributed by atoms with E-state index in [2.05, 4.69) is 5.16 Å². The molecule has 0 atom stereocenters. The summed E-state index contributed by atoms with van der Waals surface area (Å²) >= 11 is 0. The SMILES string of the molecule is Cc1onc(-c2ccccc2[N+](=O)[O-])c1-c1ccccc1[N+](=O)[O-]. The van der Waals surface area contributed by atoms with Gasteiger partial charge in [-0.1, -0.05) is 29.4 Å². The third-order valence-corrected chi connectivity index (χ3v) is 3.59. The second-order valence-electron chi connectivity index (χ2n) is 5.01. The zero-order valence-corrected chi connectivity index (χ0v) is 12.5. The summed E-state index contributed by atoms with van der Waals surface area (Å²) in [6, 6.07) is 12.2. The molecule has 0 saturated heterocycles. The molecule has 2 aromatic carbocycles. The van der Waals surface area contributed by atoms with E-state index in [-0.39, 0.29) is 22.6 Å². The summed E-state index contributed by atoms with van der Waals surface area (Å²) in [5, 5.41) is 26.5. The molecule has 120 valence electrons. The summed E-state index contributed by atoms with van der Waals surface area (Å²) in [6.07, 6.45) is 0. The van der Waals surface area contributed by atoms with Gasteiger partial charge in [-0.15, -0.1) is 0 Å². The molecule has 0 aliphatic rings.